The number of ketones is 1. The van der Waals surface area contributed by atoms with Crippen molar-refractivity contribution in [2.75, 3.05) is 0 Å². The number of hydrogen-bond donors (Lipinski definition) is 0. The van der Waals surface area contributed by atoms with E-state index in [1.165, 1.54) is 11.1 Å². The molecule has 0 aliphatic carbocycles. The summed E-state index contributed by atoms with van der Waals surface area (Å²) in [5, 5.41) is 0. The molecule has 0 fully saturated rings. The van der Waals surface area contributed by atoms with E-state index in [0.717, 1.165) is 16.7 Å². The number of allylic oxidation sites excluding steroid dienone is 1. The minimum absolute atomic E-state index is 0.0538. The second-order valence-corrected chi connectivity index (χ2v) is 4.93. The van der Waals surface area contributed by atoms with Crippen molar-refractivity contribution in [2.24, 2.45) is 0 Å². The molecule has 96 valence electrons. The van der Waals surface area contributed by atoms with Gasteiger partial charge < -0.3 is 0 Å². The van der Waals surface area contributed by atoms with Crippen LogP contribution in [0.3, 0.4) is 0 Å². The number of rotatable bonds is 3. The lowest BCUT2D eigenvalue weighted by Gasteiger charge is -2.03. The summed E-state index contributed by atoms with van der Waals surface area (Å²) in [6, 6.07) is 14.0. The largest absolute Gasteiger partial charge is 0.289 e. The van der Waals surface area contributed by atoms with Crippen molar-refractivity contribution in [1.82, 2.24) is 0 Å². The molecular formula is C18H18O. The number of carbonyl (C=O) groups excluding carboxylic acids is 1. The smallest absolute Gasteiger partial charge is 0.186 e. The van der Waals surface area contributed by atoms with Gasteiger partial charge in [-0.15, -0.1) is 0 Å². The van der Waals surface area contributed by atoms with E-state index < -0.39 is 0 Å². The summed E-state index contributed by atoms with van der Waals surface area (Å²) in [5.74, 6) is 0.0538. The number of carbonyl (C=O) groups is 1. The second kappa shape index (κ2) is 5.66. The molecule has 0 heterocycles. The Kier molecular flexibility index (Phi) is 3.96. The first-order valence-corrected chi connectivity index (χ1v) is 6.42. The summed E-state index contributed by atoms with van der Waals surface area (Å²) < 4.78 is 0. The van der Waals surface area contributed by atoms with E-state index in [4.69, 9.17) is 0 Å². The lowest BCUT2D eigenvalue weighted by molar-refractivity contribution is 0.104. The first-order chi connectivity index (χ1) is 9.06. The van der Waals surface area contributed by atoms with Crippen LogP contribution in [0.4, 0.5) is 0 Å². The standard InChI is InChI=1S/C18H18O/c1-13-4-7-16(8-5-13)9-11-18(19)17-10-6-14(2)12-15(17)3/h4-12H,1-3H3. The average molecular weight is 250 g/mol. The molecule has 2 aromatic carbocycles. The zero-order valence-corrected chi connectivity index (χ0v) is 11.6. The highest BCUT2D eigenvalue weighted by Crippen LogP contribution is 2.13. The lowest BCUT2D eigenvalue weighted by atomic mass is 10.0. The minimum Gasteiger partial charge on any atom is -0.289 e. The molecule has 2 aromatic rings. The van der Waals surface area contributed by atoms with Crippen molar-refractivity contribution in [3.8, 4) is 0 Å². The highest BCUT2D eigenvalue weighted by molar-refractivity contribution is 6.07. The van der Waals surface area contributed by atoms with Crippen molar-refractivity contribution in [2.45, 2.75) is 20.8 Å². The minimum atomic E-state index is 0.0538. The molecule has 0 spiro atoms. The van der Waals surface area contributed by atoms with Crippen molar-refractivity contribution < 1.29 is 4.79 Å². The van der Waals surface area contributed by atoms with Gasteiger partial charge >= 0.3 is 0 Å². The van der Waals surface area contributed by atoms with E-state index in [0.29, 0.717) is 0 Å². The van der Waals surface area contributed by atoms with Crippen LogP contribution in [0.15, 0.2) is 48.5 Å². The Hall–Kier alpha value is -2.15. The summed E-state index contributed by atoms with van der Waals surface area (Å²) in [4.78, 5) is 12.1. The molecular weight excluding hydrogens is 232 g/mol. The van der Waals surface area contributed by atoms with E-state index >= 15 is 0 Å². The van der Waals surface area contributed by atoms with E-state index in [-0.39, 0.29) is 5.78 Å². The highest BCUT2D eigenvalue weighted by Gasteiger charge is 2.05. The van der Waals surface area contributed by atoms with Gasteiger partial charge in [0.15, 0.2) is 5.78 Å². The van der Waals surface area contributed by atoms with Gasteiger partial charge in [0.1, 0.15) is 0 Å². The predicted molar refractivity (Wildman–Crippen MR) is 80.5 cm³/mol. The maximum Gasteiger partial charge on any atom is 0.186 e. The van der Waals surface area contributed by atoms with Crippen LogP contribution < -0.4 is 0 Å². The Labute approximate surface area is 114 Å². The highest BCUT2D eigenvalue weighted by atomic mass is 16.1. The van der Waals surface area contributed by atoms with Gasteiger partial charge in [0.05, 0.1) is 0 Å². The molecule has 0 atom stereocenters. The van der Waals surface area contributed by atoms with Gasteiger partial charge in [0.2, 0.25) is 0 Å². The fraction of sp³-hybridized carbons (Fsp3) is 0.167. The molecule has 0 aromatic heterocycles. The van der Waals surface area contributed by atoms with Crippen LogP contribution in [0.2, 0.25) is 0 Å². The zero-order chi connectivity index (χ0) is 13.8. The van der Waals surface area contributed by atoms with E-state index in [9.17, 15) is 4.79 Å². The van der Waals surface area contributed by atoms with Crippen LogP contribution in [-0.2, 0) is 0 Å². The van der Waals surface area contributed by atoms with Gasteiger partial charge in [-0.25, -0.2) is 0 Å². The van der Waals surface area contributed by atoms with Crippen LogP contribution in [-0.4, -0.2) is 5.78 Å². The van der Waals surface area contributed by atoms with Crippen molar-refractivity contribution in [3.05, 3.63) is 76.4 Å². The Morgan fingerprint density at radius 3 is 2.16 bits per heavy atom. The van der Waals surface area contributed by atoms with Crippen molar-refractivity contribution >= 4 is 11.9 Å². The van der Waals surface area contributed by atoms with Crippen LogP contribution in [0.1, 0.15) is 32.6 Å². The monoisotopic (exact) mass is 250 g/mol. The van der Waals surface area contributed by atoms with Gasteiger partial charge in [-0.1, -0.05) is 59.7 Å². The van der Waals surface area contributed by atoms with Crippen molar-refractivity contribution in [1.29, 1.82) is 0 Å². The normalized spacial score (nSPS) is 10.9. The quantitative estimate of drug-likeness (QED) is 0.578. The molecule has 1 nitrogen and oxygen atoms in total. The molecule has 0 amide bonds. The van der Waals surface area contributed by atoms with Crippen LogP contribution in [0.5, 0.6) is 0 Å². The number of benzene rings is 2. The van der Waals surface area contributed by atoms with Gasteiger partial charge in [0.25, 0.3) is 0 Å². The molecule has 0 aliphatic rings. The summed E-state index contributed by atoms with van der Waals surface area (Å²) in [6.07, 6.45) is 3.50. The molecule has 0 aliphatic heterocycles. The Balaban J connectivity index is 2.18. The zero-order valence-electron chi connectivity index (χ0n) is 11.6. The molecule has 0 unspecified atom stereocenters. The maximum absolute atomic E-state index is 12.1. The molecule has 0 saturated heterocycles. The molecule has 1 heteroatoms. The molecule has 19 heavy (non-hydrogen) atoms. The summed E-state index contributed by atoms with van der Waals surface area (Å²) >= 11 is 0. The van der Waals surface area contributed by atoms with Gasteiger partial charge in [0, 0.05) is 5.56 Å². The molecule has 0 bridgehead atoms. The maximum atomic E-state index is 12.1. The van der Waals surface area contributed by atoms with Gasteiger partial charge in [-0.3, -0.25) is 4.79 Å². The topological polar surface area (TPSA) is 17.1 Å². The van der Waals surface area contributed by atoms with E-state index in [1.807, 2.05) is 69.3 Å². The molecule has 0 saturated carbocycles. The molecule has 2 rings (SSSR count). The number of aryl methyl sites for hydroxylation is 3. The van der Waals surface area contributed by atoms with Gasteiger partial charge in [-0.05, 0) is 38.0 Å². The Bertz CT molecular complexity index is 619. The van der Waals surface area contributed by atoms with Crippen LogP contribution >= 0.6 is 0 Å². The van der Waals surface area contributed by atoms with Crippen LogP contribution in [0, 0.1) is 20.8 Å². The first-order valence-electron chi connectivity index (χ1n) is 6.42. The fourth-order valence-corrected chi connectivity index (χ4v) is 2.03. The number of hydrogen-bond acceptors (Lipinski definition) is 1. The summed E-state index contributed by atoms with van der Waals surface area (Å²) in [5.41, 5.74) is 5.24. The molecule has 0 N–H and O–H groups in total. The average Bonchev–Trinajstić information content (AvgIpc) is 2.37. The third-order valence-electron chi connectivity index (χ3n) is 3.15. The first kappa shape index (κ1) is 13.3. The van der Waals surface area contributed by atoms with E-state index in [1.54, 1.807) is 6.08 Å². The van der Waals surface area contributed by atoms with Crippen LogP contribution in [0.25, 0.3) is 6.08 Å². The Morgan fingerprint density at radius 2 is 1.53 bits per heavy atom. The van der Waals surface area contributed by atoms with Crippen molar-refractivity contribution in [3.63, 3.8) is 0 Å². The third-order valence-corrected chi connectivity index (χ3v) is 3.15. The predicted octanol–water partition coefficient (Wildman–Crippen LogP) is 4.51. The summed E-state index contributed by atoms with van der Waals surface area (Å²) in [7, 11) is 0. The summed E-state index contributed by atoms with van der Waals surface area (Å²) in [6.45, 7) is 6.05. The lowest BCUT2D eigenvalue weighted by Crippen LogP contribution is -1.97. The third kappa shape index (κ3) is 3.41. The fourth-order valence-electron chi connectivity index (χ4n) is 2.03. The van der Waals surface area contributed by atoms with Gasteiger partial charge in [-0.2, -0.15) is 0 Å². The van der Waals surface area contributed by atoms with E-state index in [2.05, 4.69) is 0 Å². The Morgan fingerprint density at radius 1 is 0.895 bits per heavy atom. The SMILES string of the molecule is Cc1ccc(C=CC(=O)c2ccc(C)cc2C)cc1. The second-order valence-electron chi connectivity index (χ2n) is 4.93. The molecule has 0 radical (unpaired) electrons.